The molecule has 2 fully saturated rings. The molecule has 1 aliphatic carbocycles. The van der Waals surface area contributed by atoms with E-state index in [1.54, 1.807) is 17.2 Å². The van der Waals surface area contributed by atoms with Crippen LogP contribution in [0.2, 0.25) is 0 Å². The Bertz CT molecular complexity index is 510. The number of aliphatic carboxylic acids is 1. The van der Waals surface area contributed by atoms with Crippen molar-refractivity contribution in [2.24, 2.45) is 0 Å². The number of urea groups is 1. The Morgan fingerprint density at radius 2 is 2.14 bits per heavy atom. The molecular weight excluding hydrogens is 272 g/mol. The standard InChI is InChI=1S/C15H20N2O4/c18-14(19)13-5-1-2-8-16(13)15(20)17(11-6-7-11)10-12-4-3-9-21-12/h3-4,9,11,13H,1-2,5-8,10H2,(H,18,19). The first-order valence-electron chi connectivity index (χ1n) is 7.49. The molecule has 2 aliphatic rings. The number of carboxylic acid groups (broad SMARTS) is 1. The van der Waals surface area contributed by atoms with E-state index < -0.39 is 12.0 Å². The summed E-state index contributed by atoms with van der Waals surface area (Å²) in [5.41, 5.74) is 0. The highest BCUT2D eigenvalue weighted by Gasteiger charge is 2.40. The average molecular weight is 292 g/mol. The summed E-state index contributed by atoms with van der Waals surface area (Å²) in [5, 5.41) is 9.32. The van der Waals surface area contributed by atoms with Gasteiger partial charge in [-0.1, -0.05) is 0 Å². The third-order valence-electron chi connectivity index (χ3n) is 4.17. The van der Waals surface area contributed by atoms with Crippen molar-refractivity contribution in [2.45, 2.75) is 50.7 Å². The lowest BCUT2D eigenvalue weighted by molar-refractivity contribution is -0.143. The number of hydrogen-bond donors (Lipinski definition) is 1. The van der Waals surface area contributed by atoms with Crippen molar-refractivity contribution in [2.75, 3.05) is 6.54 Å². The second-order valence-corrected chi connectivity index (χ2v) is 5.76. The van der Waals surface area contributed by atoms with E-state index in [0.29, 0.717) is 19.5 Å². The van der Waals surface area contributed by atoms with Gasteiger partial charge in [-0.25, -0.2) is 9.59 Å². The molecule has 6 nitrogen and oxygen atoms in total. The predicted molar refractivity (Wildman–Crippen MR) is 74.6 cm³/mol. The minimum atomic E-state index is -0.906. The van der Waals surface area contributed by atoms with Crippen LogP contribution in [0.3, 0.4) is 0 Å². The summed E-state index contributed by atoms with van der Waals surface area (Å²) in [4.78, 5) is 27.4. The van der Waals surface area contributed by atoms with Crippen molar-refractivity contribution in [1.82, 2.24) is 9.80 Å². The fraction of sp³-hybridized carbons (Fsp3) is 0.600. The highest BCUT2D eigenvalue weighted by Crippen LogP contribution is 2.31. The maximum atomic E-state index is 12.8. The Morgan fingerprint density at radius 1 is 1.33 bits per heavy atom. The van der Waals surface area contributed by atoms with E-state index in [9.17, 15) is 14.7 Å². The second kappa shape index (κ2) is 5.79. The van der Waals surface area contributed by atoms with Gasteiger partial charge in [-0.15, -0.1) is 0 Å². The lowest BCUT2D eigenvalue weighted by Gasteiger charge is -2.36. The Hall–Kier alpha value is -1.98. The molecular formula is C15H20N2O4. The van der Waals surface area contributed by atoms with Crippen LogP contribution in [0.5, 0.6) is 0 Å². The van der Waals surface area contributed by atoms with Gasteiger partial charge < -0.3 is 19.3 Å². The maximum absolute atomic E-state index is 12.8. The van der Waals surface area contributed by atoms with Crippen LogP contribution in [0.25, 0.3) is 0 Å². The number of amides is 2. The van der Waals surface area contributed by atoms with E-state index in [1.165, 1.54) is 4.90 Å². The first-order valence-corrected chi connectivity index (χ1v) is 7.49. The van der Waals surface area contributed by atoms with Gasteiger partial charge in [0.05, 0.1) is 12.8 Å². The average Bonchev–Trinajstić information content (AvgIpc) is 3.20. The molecule has 1 atom stereocenters. The van der Waals surface area contributed by atoms with Crippen molar-refractivity contribution in [1.29, 1.82) is 0 Å². The second-order valence-electron chi connectivity index (χ2n) is 5.76. The summed E-state index contributed by atoms with van der Waals surface area (Å²) < 4.78 is 5.32. The smallest absolute Gasteiger partial charge is 0.326 e. The van der Waals surface area contributed by atoms with Crippen molar-refractivity contribution in [3.63, 3.8) is 0 Å². The highest BCUT2D eigenvalue weighted by atomic mass is 16.4. The molecule has 0 aromatic carbocycles. The van der Waals surface area contributed by atoms with Crippen molar-refractivity contribution < 1.29 is 19.1 Å². The number of piperidine rings is 1. The van der Waals surface area contributed by atoms with Gasteiger partial charge in [0.25, 0.3) is 0 Å². The Labute approximate surface area is 123 Å². The fourth-order valence-electron chi connectivity index (χ4n) is 2.89. The molecule has 1 aromatic rings. The fourth-order valence-corrected chi connectivity index (χ4v) is 2.89. The number of furan rings is 1. The van der Waals surface area contributed by atoms with Gasteiger partial charge in [-0.3, -0.25) is 0 Å². The molecule has 21 heavy (non-hydrogen) atoms. The minimum absolute atomic E-state index is 0.166. The zero-order valence-corrected chi connectivity index (χ0v) is 11.9. The van der Waals surface area contributed by atoms with E-state index >= 15 is 0 Å². The number of carboxylic acids is 1. The molecule has 1 N–H and O–H groups in total. The van der Waals surface area contributed by atoms with Crippen LogP contribution in [0.1, 0.15) is 37.9 Å². The van der Waals surface area contributed by atoms with E-state index in [1.807, 2.05) is 6.07 Å². The summed E-state index contributed by atoms with van der Waals surface area (Å²) in [6.45, 7) is 0.941. The molecule has 6 heteroatoms. The van der Waals surface area contributed by atoms with E-state index in [0.717, 1.165) is 31.4 Å². The number of carbonyl (C=O) groups is 2. The normalized spacial score (nSPS) is 22.1. The summed E-state index contributed by atoms with van der Waals surface area (Å²) in [7, 11) is 0. The third kappa shape index (κ3) is 3.04. The summed E-state index contributed by atoms with van der Waals surface area (Å²) >= 11 is 0. The Kier molecular flexibility index (Phi) is 3.86. The molecule has 114 valence electrons. The minimum Gasteiger partial charge on any atom is -0.480 e. The maximum Gasteiger partial charge on any atom is 0.326 e. The molecule has 3 rings (SSSR count). The van der Waals surface area contributed by atoms with Crippen LogP contribution >= 0.6 is 0 Å². The zero-order chi connectivity index (χ0) is 14.8. The molecule has 0 radical (unpaired) electrons. The van der Waals surface area contributed by atoms with Gasteiger partial charge in [0.15, 0.2) is 0 Å². The van der Waals surface area contributed by atoms with Crippen LogP contribution in [0.4, 0.5) is 4.79 Å². The molecule has 2 heterocycles. The molecule has 2 amide bonds. The number of rotatable bonds is 4. The van der Waals surface area contributed by atoms with Crippen molar-refractivity contribution >= 4 is 12.0 Å². The lowest BCUT2D eigenvalue weighted by atomic mass is 10.0. The monoisotopic (exact) mass is 292 g/mol. The summed E-state index contributed by atoms with van der Waals surface area (Å²) in [6.07, 6.45) is 5.83. The Balaban J connectivity index is 1.75. The van der Waals surface area contributed by atoms with E-state index in [-0.39, 0.29) is 12.1 Å². The Morgan fingerprint density at radius 3 is 2.76 bits per heavy atom. The largest absolute Gasteiger partial charge is 0.480 e. The number of nitrogens with zero attached hydrogens (tertiary/aromatic N) is 2. The SMILES string of the molecule is O=C(O)C1CCCCN1C(=O)N(Cc1ccco1)C1CC1. The number of carbonyl (C=O) groups excluding carboxylic acids is 1. The molecule has 1 saturated heterocycles. The van der Waals surface area contributed by atoms with Crippen molar-refractivity contribution in [3.8, 4) is 0 Å². The van der Waals surface area contributed by atoms with Crippen LogP contribution in [0, 0.1) is 0 Å². The van der Waals surface area contributed by atoms with Gasteiger partial charge in [0.2, 0.25) is 0 Å². The first kappa shape index (κ1) is 14.0. The van der Waals surface area contributed by atoms with Gasteiger partial charge in [0, 0.05) is 12.6 Å². The molecule has 1 unspecified atom stereocenters. The summed E-state index contributed by atoms with van der Waals surface area (Å²) in [5.74, 6) is -0.170. The van der Waals surface area contributed by atoms with Crippen LogP contribution in [-0.2, 0) is 11.3 Å². The van der Waals surface area contributed by atoms with Crippen LogP contribution in [0.15, 0.2) is 22.8 Å². The van der Waals surface area contributed by atoms with Gasteiger partial charge in [-0.2, -0.15) is 0 Å². The van der Waals surface area contributed by atoms with Crippen LogP contribution < -0.4 is 0 Å². The topological polar surface area (TPSA) is 74.0 Å². The van der Waals surface area contributed by atoms with E-state index in [4.69, 9.17) is 4.42 Å². The lowest BCUT2D eigenvalue weighted by Crippen LogP contribution is -2.53. The van der Waals surface area contributed by atoms with Crippen molar-refractivity contribution in [3.05, 3.63) is 24.2 Å². The zero-order valence-electron chi connectivity index (χ0n) is 11.9. The number of likely N-dealkylation sites (tertiary alicyclic amines) is 1. The predicted octanol–water partition coefficient (Wildman–Crippen LogP) is 2.30. The quantitative estimate of drug-likeness (QED) is 0.924. The first-order chi connectivity index (χ1) is 10.2. The molecule has 1 aliphatic heterocycles. The van der Waals surface area contributed by atoms with E-state index in [2.05, 4.69) is 0 Å². The van der Waals surface area contributed by atoms with Gasteiger partial charge in [-0.05, 0) is 44.2 Å². The highest BCUT2D eigenvalue weighted by molar-refractivity contribution is 5.83. The number of hydrogen-bond acceptors (Lipinski definition) is 3. The van der Waals surface area contributed by atoms with Gasteiger partial charge >= 0.3 is 12.0 Å². The summed E-state index contributed by atoms with van der Waals surface area (Å²) in [6, 6.07) is 3.00. The van der Waals surface area contributed by atoms with Crippen LogP contribution in [-0.4, -0.2) is 45.5 Å². The van der Waals surface area contributed by atoms with Gasteiger partial charge in [0.1, 0.15) is 11.8 Å². The molecule has 0 spiro atoms. The molecule has 1 saturated carbocycles. The third-order valence-corrected chi connectivity index (χ3v) is 4.17. The molecule has 1 aromatic heterocycles. The molecule has 0 bridgehead atoms.